The second-order valence-electron chi connectivity index (χ2n) is 4.33. The van der Waals surface area contributed by atoms with Crippen LogP contribution in [0.3, 0.4) is 0 Å². The summed E-state index contributed by atoms with van der Waals surface area (Å²) in [5.74, 6) is -0.862. The van der Waals surface area contributed by atoms with Crippen LogP contribution in [0.25, 0.3) is 0 Å². The van der Waals surface area contributed by atoms with E-state index in [0.717, 1.165) is 18.5 Å². The molecule has 0 spiro atoms. The molecule has 0 heterocycles. The van der Waals surface area contributed by atoms with Gasteiger partial charge in [0.2, 0.25) is 0 Å². The van der Waals surface area contributed by atoms with E-state index in [4.69, 9.17) is 5.11 Å². The van der Waals surface area contributed by atoms with E-state index in [9.17, 15) is 4.79 Å². The first-order valence-corrected chi connectivity index (χ1v) is 5.86. The van der Waals surface area contributed by atoms with Crippen molar-refractivity contribution < 1.29 is 9.90 Å². The summed E-state index contributed by atoms with van der Waals surface area (Å²) < 4.78 is 0. The maximum Gasteiger partial charge on any atom is 0.337 e. The van der Waals surface area contributed by atoms with Crippen molar-refractivity contribution in [1.82, 2.24) is 0 Å². The molecule has 0 aliphatic heterocycles. The van der Waals surface area contributed by atoms with Crippen molar-refractivity contribution in [2.24, 2.45) is 0 Å². The molecule has 16 heavy (non-hydrogen) atoms. The lowest BCUT2D eigenvalue weighted by molar-refractivity contribution is 0.0698. The largest absolute Gasteiger partial charge is 0.478 e. The lowest BCUT2D eigenvalue weighted by Crippen LogP contribution is -2.23. The number of nitrogens with one attached hydrogen (secondary N) is 1. The minimum atomic E-state index is -0.862. The van der Waals surface area contributed by atoms with Crippen LogP contribution >= 0.6 is 0 Å². The highest BCUT2D eigenvalue weighted by Gasteiger charge is 2.16. The van der Waals surface area contributed by atoms with E-state index in [2.05, 4.69) is 5.32 Å². The smallest absolute Gasteiger partial charge is 0.337 e. The van der Waals surface area contributed by atoms with E-state index < -0.39 is 5.97 Å². The summed E-state index contributed by atoms with van der Waals surface area (Å²) in [5.41, 5.74) is 1.12. The highest BCUT2D eigenvalue weighted by atomic mass is 16.4. The van der Waals surface area contributed by atoms with Crippen molar-refractivity contribution in [3.8, 4) is 0 Å². The van der Waals surface area contributed by atoms with Gasteiger partial charge in [-0.2, -0.15) is 0 Å². The molecule has 1 fully saturated rings. The third-order valence-electron chi connectivity index (χ3n) is 3.12. The molecule has 0 atom stereocenters. The Balaban J connectivity index is 2.10. The molecule has 0 unspecified atom stereocenters. The summed E-state index contributed by atoms with van der Waals surface area (Å²) in [4.78, 5) is 11.0. The van der Waals surface area contributed by atoms with Gasteiger partial charge in [0, 0.05) is 11.7 Å². The van der Waals surface area contributed by atoms with Gasteiger partial charge < -0.3 is 10.4 Å². The molecule has 2 N–H and O–H groups in total. The van der Waals surface area contributed by atoms with Crippen LogP contribution in [0.2, 0.25) is 0 Å². The predicted molar refractivity (Wildman–Crippen MR) is 63.9 cm³/mol. The van der Waals surface area contributed by atoms with Crippen molar-refractivity contribution in [3.63, 3.8) is 0 Å². The minimum absolute atomic E-state index is 0.369. The van der Waals surface area contributed by atoms with Gasteiger partial charge in [0.1, 0.15) is 0 Å². The van der Waals surface area contributed by atoms with Crippen molar-refractivity contribution >= 4 is 11.7 Å². The van der Waals surface area contributed by atoms with Crippen molar-refractivity contribution in [2.75, 3.05) is 5.32 Å². The van der Waals surface area contributed by atoms with Crippen LogP contribution in [0.5, 0.6) is 0 Å². The number of hydrogen-bond donors (Lipinski definition) is 2. The molecule has 1 aromatic rings. The zero-order chi connectivity index (χ0) is 11.4. The first-order chi connectivity index (χ1) is 7.77. The number of carboxylic acid groups (broad SMARTS) is 1. The molecule has 0 saturated heterocycles. The maximum absolute atomic E-state index is 11.0. The van der Waals surface area contributed by atoms with Crippen LogP contribution in [0.4, 0.5) is 5.69 Å². The Morgan fingerprint density at radius 1 is 1.19 bits per heavy atom. The number of hydrogen-bond acceptors (Lipinski definition) is 2. The number of carboxylic acids is 1. The molecule has 1 aliphatic carbocycles. The second-order valence-corrected chi connectivity index (χ2v) is 4.33. The average molecular weight is 219 g/mol. The first kappa shape index (κ1) is 11.0. The Morgan fingerprint density at radius 3 is 2.56 bits per heavy atom. The molecule has 1 aromatic carbocycles. The Kier molecular flexibility index (Phi) is 3.44. The molecule has 0 aromatic heterocycles. The van der Waals surface area contributed by atoms with Crippen molar-refractivity contribution in [2.45, 2.75) is 38.1 Å². The third-order valence-corrected chi connectivity index (χ3v) is 3.12. The number of anilines is 1. The molecule has 86 valence electrons. The summed E-state index contributed by atoms with van der Waals surface area (Å²) >= 11 is 0. The van der Waals surface area contributed by atoms with Gasteiger partial charge in [-0.05, 0) is 25.0 Å². The van der Waals surface area contributed by atoms with Crippen LogP contribution in [0, 0.1) is 0 Å². The van der Waals surface area contributed by atoms with E-state index in [1.807, 2.05) is 12.1 Å². The van der Waals surface area contributed by atoms with Gasteiger partial charge in [-0.1, -0.05) is 31.4 Å². The van der Waals surface area contributed by atoms with Gasteiger partial charge >= 0.3 is 5.97 Å². The Morgan fingerprint density at radius 2 is 1.88 bits per heavy atom. The van der Waals surface area contributed by atoms with Gasteiger partial charge in [0.05, 0.1) is 5.56 Å². The van der Waals surface area contributed by atoms with Crippen LogP contribution in [0.15, 0.2) is 24.3 Å². The van der Waals surface area contributed by atoms with E-state index in [1.54, 1.807) is 12.1 Å². The molecule has 2 rings (SSSR count). The molecule has 0 amide bonds. The predicted octanol–water partition coefficient (Wildman–Crippen LogP) is 3.13. The second kappa shape index (κ2) is 5.01. The SMILES string of the molecule is O=C(O)c1ccccc1NC1CCCCC1. The quantitative estimate of drug-likeness (QED) is 0.821. The molecular formula is C13H17NO2. The van der Waals surface area contributed by atoms with E-state index >= 15 is 0 Å². The van der Waals surface area contributed by atoms with Crippen molar-refractivity contribution in [3.05, 3.63) is 29.8 Å². The van der Waals surface area contributed by atoms with Gasteiger partial charge in [-0.25, -0.2) is 4.79 Å². The standard InChI is InChI=1S/C13H17NO2/c15-13(16)11-8-4-5-9-12(11)14-10-6-2-1-3-7-10/h4-5,8-10,14H,1-3,6-7H2,(H,15,16). The van der Waals surface area contributed by atoms with E-state index in [1.165, 1.54) is 19.3 Å². The molecule has 1 saturated carbocycles. The summed E-state index contributed by atoms with van der Waals surface area (Å²) in [6.45, 7) is 0. The number of para-hydroxylation sites is 1. The normalized spacial score (nSPS) is 17.0. The molecule has 0 radical (unpaired) electrons. The summed E-state index contributed by atoms with van der Waals surface area (Å²) in [6.07, 6.45) is 6.08. The lowest BCUT2D eigenvalue weighted by atomic mass is 9.95. The van der Waals surface area contributed by atoms with Gasteiger partial charge in [0.25, 0.3) is 0 Å². The van der Waals surface area contributed by atoms with Crippen LogP contribution < -0.4 is 5.32 Å². The fourth-order valence-corrected chi connectivity index (χ4v) is 2.26. The summed E-state index contributed by atoms with van der Waals surface area (Å²) in [7, 11) is 0. The molecule has 0 bridgehead atoms. The highest BCUT2D eigenvalue weighted by Crippen LogP contribution is 2.23. The fourth-order valence-electron chi connectivity index (χ4n) is 2.26. The lowest BCUT2D eigenvalue weighted by Gasteiger charge is -2.24. The Hall–Kier alpha value is -1.51. The van der Waals surface area contributed by atoms with Crippen LogP contribution in [0.1, 0.15) is 42.5 Å². The van der Waals surface area contributed by atoms with Crippen LogP contribution in [-0.4, -0.2) is 17.1 Å². The van der Waals surface area contributed by atoms with E-state index in [0.29, 0.717) is 11.6 Å². The topological polar surface area (TPSA) is 49.3 Å². The van der Waals surface area contributed by atoms with E-state index in [-0.39, 0.29) is 0 Å². The number of benzene rings is 1. The van der Waals surface area contributed by atoms with Crippen molar-refractivity contribution in [1.29, 1.82) is 0 Å². The zero-order valence-electron chi connectivity index (χ0n) is 9.28. The Labute approximate surface area is 95.5 Å². The van der Waals surface area contributed by atoms with Gasteiger partial charge in [-0.15, -0.1) is 0 Å². The van der Waals surface area contributed by atoms with Crippen LogP contribution in [-0.2, 0) is 0 Å². The van der Waals surface area contributed by atoms with Gasteiger partial charge in [-0.3, -0.25) is 0 Å². The number of rotatable bonds is 3. The zero-order valence-corrected chi connectivity index (χ0v) is 9.28. The maximum atomic E-state index is 11.0. The summed E-state index contributed by atoms with van der Waals surface area (Å²) in [6, 6.07) is 7.56. The first-order valence-electron chi connectivity index (χ1n) is 5.86. The average Bonchev–Trinajstić information content (AvgIpc) is 2.31. The number of aromatic carboxylic acids is 1. The summed E-state index contributed by atoms with van der Waals surface area (Å²) in [5, 5.41) is 12.4. The third kappa shape index (κ3) is 2.54. The molecule has 3 heteroatoms. The minimum Gasteiger partial charge on any atom is -0.478 e. The molecule has 1 aliphatic rings. The Bertz CT molecular complexity index is 370. The van der Waals surface area contributed by atoms with Gasteiger partial charge in [0.15, 0.2) is 0 Å². The fraction of sp³-hybridized carbons (Fsp3) is 0.462. The monoisotopic (exact) mass is 219 g/mol. The number of carbonyl (C=O) groups is 1. The molecule has 3 nitrogen and oxygen atoms in total. The molecular weight excluding hydrogens is 202 g/mol. The highest BCUT2D eigenvalue weighted by molar-refractivity contribution is 5.94.